The van der Waals surface area contributed by atoms with E-state index in [1.165, 1.54) is 96.3 Å². The summed E-state index contributed by atoms with van der Waals surface area (Å²) >= 11 is 0. The lowest BCUT2D eigenvalue weighted by Crippen LogP contribution is -2.11. The van der Waals surface area contributed by atoms with Crippen LogP contribution in [0.2, 0.25) is 0 Å². The van der Waals surface area contributed by atoms with E-state index >= 15 is 0 Å². The van der Waals surface area contributed by atoms with Crippen LogP contribution in [0.5, 0.6) is 0 Å². The molecule has 0 aliphatic carbocycles. The van der Waals surface area contributed by atoms with Crippen LogP contribution < -0.4 is 0 Å². The molecule has 0 N–H and O–H groups in total. The minimum Gasteiger partial charge on any atom is -0.0654 e. The second kappa shape index (κ2) is 16.8. The monoisotopic (exact) mass is 324 g/mol. The molecule has 0 radical (unpaired) electrons. The summed E-state index contributed by atoms with van der Waals surface area (Å²) in [7, 11) is 0. The molecule has 0 saturated carbocycles. The lowest BCUT2D eigenvalue weighted by molar-refractivity contribution is 0.289. The van der Waals surface area contributed by atoms with Crippen molar-refractivity contribution >= 4 is 0 Å². The van der Waals surface area contributed by atoms with E-state index in [0.717, 1.165) is 17.8 Å². The van der Waals surface area contributed by atoms with Crippen molar-refractivity contribution in [3.05, 3.63) is 0 Å². The van der Waals surface area contributed by atoms with Gasteiger partial charge in [0.15, 0.2) is 0 Å². The van der Waals surface area contributed by atoms with E-state index in [0.29, 0.717) is 0 Å². The lowest BCUT2D eigenvalue weighted by atomic mass is 9.84. The molecule has 0 heterocycles. The Kier molecular flexibility index (Phi) is 16.8. The quantitative estimate of drug-likeness (QED) is 0.234. The first-order chi connectivity index (χ1) is 11.1. The van der Waals surface area contributed by atoms with Crippen LogP contribution in [-0.4, -0.2) is 0 Å². The molecule has 0 rings (SSSR count). The van der Waals surface area contributed by atoms with Gasteiger partial charge in [0.1, 0.15) is 0 Å². The van der Waals surface area contributed by atoms with Gasteiger partial charge in [-0.3, -0.25) is 0 Å². The molecule has 0 aromatic carbocycles. The van der Waals surface area contributed by atoms with Crippen molar-refractivity contribution in [3.8, 4) is 0 Å². The van der Waals surface area contributed by atoms with Crippen LogP contribution in [0.25, 0.3) is 0 Å². The third-order valence-corrected chi connectivity index (χ3v) is 5.40. The van der Waals surface area contributed by atoms with E-state index in [2.05, 4.69) is 34.6 Å². The van der Waals surface area contributed by atoms with E-state index in [1.54, 1.807) is 0 Å². The molecule has 1 atom stereocenters. The van der Waals surface area contributed by atoms with Gasteiger partial charge in [-0.05, 0) is 24.2 Å². The summed E-state index contributed by atoms with van der Waals surface area (Å²) in [6, 6.07) is 0. The Morgan fingerprint density at radius 3 is 1.26 bits per heavy atom. The van der Waals surface area contributed by atoms with Crippen LogP contribution in [0.4, 0.5) is 0 Å². The third-order valence-electron chi connectivity index (χ3n) is 5.40. The maximum atomic E-state index is 2.41. The molecule has 0 aliphatic heterocycles. The largest absolute Gasteiger partial charge is 0.0654 e. The van der Waals surface area contributed by atoms with E-state index in [4.69, 9.17) is 0 Å². The summed E-state index contributed by atoms with van der Waals surface area (Å²) in [6.45, 7) is 11.9. The second-order valence-corrected chi connectivity index (χ2v) is 8.66. The highest BCUT2D eigenvalue weighted by Gasteiger charge is 2.14. The molecule has 140 valence electrons. The van der Waals surface area contributed by atoms with E-state index < -0.39 is 0 Å². The van der Waals surface area contributed by atoms with Crippen LogP contribution in [0.15, 0.2) is 0 Å². The smallest absolute Gasteiger partial charge is 0.0389 e. The topological polar surface area (TPSA) is 0 Å². The van der Waals surface area contributed by atoms with E-state index in [9.17, 15) is 0 Å². The molecule has 0 saturated heterocycles. The molecule has 0 bridgehead atoms. The molecule has 0 heteroatoms. The highest BCUT2D eigenvalue weighted by molar-refractivity contribution is 4.65. The molecule has 23 heavy (non-hydrogen) atoms. The van der Waals surface area contributed by atoms with Crippen molar-refractivity contribution in [2.45, 2.75) is 131 Å². The van der Waals surface area contributed by atoms with Gasteiger partial charge in [0.05, 0.1) is 0 Å². The zero-order chi connectivity index (χ0) is 17.3. The Morgan fingerprint density at radius 1 is 0.522 bits per heavy atom. The van der Waals surface area contributed by atoms with Gasteiger partial charge in [-0.15, -0.1) is 0 Å². The van der Waals surface area contributed by atoms with Crippen LogP contribution in [0.3, 0.4) is 0 Å². The molecule has 0 nitrogen and oxygen atoms in total. The molecule has 0 aromatic heterocycles. The molecule has 0 fully saturated rings. The average molecular weight is 325 g/mol. The fourth-order valence-electron chi connectivity index (χ4n) is 3.75. The minimum absolute atomic E-state index is 0.865. The van der Waals surface area contributed by atoms with Gasteiger partial charge < -0.3 is 0 Å². The molecular formula is C23H48. The maximum Gasteiger partial charge on any atom is -0.0389 e. The van der Waals surface area contributed by atoms with Crippen molar-refractivity contribution in [1.29, 1.82) is 0 Å². The summed E-state index contributed by atoms with van der Waals surface area (Å²) in [5.74, 6) is 2.70. The first kappa shape index (κ1) is 23.0. The Hall–Kier alpha value is 0. The second-order valence-electron chi connectivity index (χ2n) is 8.66. The van der Waals surface area contributed by atoms with E-state index in [-0.39, 0.29) is 0 Å². The Morgan fingerprint density at radius 2 is 0.913 bits per heavy atom. The molecule has 0 aromatic rings. The molecule has 0 aliphatic rings. The van der Waals surface area contributed by atoms with Gasteiger partial charge in [0.25, 0.3) is 0 Å². The summed E-state index contributed by atoms with van der Waals surface area (Å²) < 4.78 is 0. The van der Waals surface area contributed by atoms with Crippen molar-refractivity contribution in [3.63, 3.8) is 0 Å². The van der Waals surface area contributed by atoms with Gasteiger partial charge in [-0.2, -0.15) is 0 Å². The SMILES string of the molecule is CCCCCCCCCCCCCCCC(CC(C)C)C(C)C. The molecule has 0 amide bonds. The maximum absolute atomic E-state index is 2.41. The fraction of sp³-hybridized carbons (Fsp3) is 1.00. The zero-order valence-corrected chi connectivity index (χ0v) is 17.3. The fourth-order valence-corrected chi connectivity index (χ4v) is 3.75. The number of unbranched alkanes of at least 4 members (excludes halogenated alkanes) is 12. The summed E-state index contributed by atoms with van der Waals surface area (Å²) in [5.41, 5.74) is 0. The first-order valence-electron chi connectivity index (χ1n) is 11.1. The van der Waals surface area contributed by atoms with E-state index in [1.807, 2.05) is 0 Å². The highest BCUT2D eigenvalue weighted by Crippen LogP contribution is 2.26. The van der Waals surface area contributed by atoms with Crippen LogP contribution >= 0.6 is 0 Å². The Balaban J connectivity index is 3.29. The number of hydrogen-bond donors (Lipinski definition) is 0. The zero-order valence-electron chi connectivity index (χ0n) is 17.3. The third kappa shape index (κ3) is 16.6. The van der Waals surface area contributed by atoms with Gasteiger partial charge >= 0.3 is 0 Å². The highest BCUT2D eigenvalue weighted by atomic mass is 14.2. The van der Waals surface area contributed by atoms with Crippen molar-refractivity contribution in [1.82, 2.24) is 0 Å². The van der Waals surface area contributed by atoms with Crippen molar-refractivity contribution in [2.24, 2.45) is 17.8 Å². The van der Waals surface area contributed by atoms with Gasteiger partial charge in [0.2, 0.25) is 0 Å². The van der Waals surface area contributed by atoms with Crippen LogP contribution in [-0.2, 0) is 0 Å². The average Bonchev–Trinajstić information content (AvgIpc) is 2.50. The Labute approximate surface area is 149 Å². The van der Waals surface area contributed by atoms with Gasteiger partial charge in [-0.25, -0.2) is 0 Å². The van der Waals surface area contributed by atoms with Crippen LogP contribution in [0.1, 0.15) is 131 Å². The molecule has 1 unspecified atom stereocenters. The summed E-state index contributed by atoms with van der Waals surface area (Å²) in [4.78, 5) is 0. The summed E-state index contributed by atoms with van der Waals surface area (Å²) in [5, 5.41) is 0. The van der Waals surface area contributed by atoms with Crippen LogP contribution in [0, 0.1) is 17.8 Å². The predicted octanol–water partition coefficient (Wildman–Crippen LogP) is 8.79. The first-order valence-corrected chi connectivity index (χ1v) is 11.1. The Bertz CT molecular complexity index is 216. The predicted molar refractivity (Wildman–Crippen MR) is 108 cm³/mol. The van der Waals surface area contributed by atoms with Gasteiger partial charge in [-0.1, -0.05) is 125 Å². The van der Waals surface area contributed by atoms with Crippen molar-refractivity contribution in [2.75, 3.05) is 0 Å². The minimum atomic E-state index is 0.865. The standard InChI is InChI=1S/C23H48/c1-6-7-8-9-10-11-12-13-14-15-16-17-18-19-23(22(4)5)20-21(2)3/h21-23H,6-20H2,1-5H3. The van der Waals surface area contributed by atoms with Gasteiger partial charge in [0, 0.05) is 0 Å². The number of hydrogen-bond acceptors (Lipinski definition) is 0. The molecule has 0 spiro atoms. The number of rotatable bonds is 17. The summed E-state index contributed by atoms with van der Waals surface area (Å²) in [6.07, 6.45) is 21.9. The van der Waals surface area contributed by atoms with Crippen molar-refractivity contribution < 1.29 is 0 Å². The lowest BCUT2D eigenvalue weighted by Gasteiger charge is -2.22. The normalized spacial score (nSPS) is 13.2. The molecular weight excluding hydrogens is 276 g/mol.